The third kappa shape index (κ3) is 5.76. The molecule has 0 aliphatic carbocycles. The van der Waals surface area contributed by atoms with Gasteiger partial charge < -0.3 is 9.47 Å². The molecule has 34 heavy (non-hydrogen) atoms. The first-order valence-corrected chi connectivity index (χ1v) is 11.7. The molecule has 0 aromatic heterocycles. The fourth-order valence-electron chi connectivity index (χ4n) is 4.12. The van der Waals surface area contributed by atoms with Gasteiger partial charge in [0.25, 0.3) is 0 Å². The van der Waals surface area contributed by atoms with Crippen LogP contribution in [0.25, 0.3) is 16.3 Å². The van der Waals surface area contributed by atoms with Crippen LogP contribution in [0.3, 0.4) is 0 Å². The molecule has 4 rings (SSSR count). The maximum atomic E-state index is 6.12. The quantitative estimate of drug-likeness (QED) is 0.269. The van der Waals surface area contributed by atoms with Crippen LogP contribution in [0.2, 0.25) is 0 Å². The standard InChI is InChI=1S/C32H30O2/c1-4-34-32(27-13-9-6-10-14-27)21-24(2)31(26-11-7-5-8-12-26)20-16-25-15-17-29-23-30(33-3)19-18-28(29)22-25/h5-15,17-19,22-23,32H,4,21H2,1-3H3/b31-24-. The number of methoxy groups -OCH3 is 1. The zero-order valence-corrected chi connectivity index (χ0v) is 20.0. The molecule has 0 amide bonds. The zero-order chi connectivity index (χ0) is 23.8. The van der Waals surface area contributed by atoms with Crippen LogP contribution in [-0.2, 0) is 4.74 Å². The summed E-state index contributed by atoms with van der Waals surface area (Å²) in [6, 6.07) is 33.2. The summed E-state index contributed by atoms with van der Waals surface area (Å²) in [6.07, 6.45) is 0.788. The van der Waals surface area contributed by atoms with E-state index in [-0.39, 0.29) is 6.10 Å². The second-order valence-corrected chi connectivity index (χ2v) is 8.26. The normalized spacial score (nSPS) is 12.4. The molecule has 0 bridgehead atoms. The third-order valence-electron chi connectivity index (χ3n) is 5.90. The van der Waals surface area contributed by atoms with Crippen LogP contribution in [0.5, 0.6) is 5.75 Å². The number of hydrogen-bond acceptors (Lipinski definition) is 2. The monoisotopic (exact) mass is 446 g/mol. The smallest absolute Gasteiger partial charge is 0.119 e. The van der Waals surface area contributed by atoms with E-state index in [1.54, 1.807) is 7.11 Å². The van der Waals surface area contributed by atoms with Gasteiger partial charge in [-0.05, 0) is 66.4 Å². The molecule has 0 spiro atoms. The van der Waals surface area contributed by atoms with Crippen molar-refractivity contribution in [3.63, 3.8) is 0 Å². The Bertz CT molecular complexity index is 1330. The van der Waals surface area contributed by atoms with Gasteiger partial charge in [0.15, 0.2) is 0 Å². The first-order chi connectivity index (χ1) is 16.7. The Morgan fingerprint density at radius 1 is 0.824 bits per heavy atom. The van der Waals surface area contributed by atoms with Gasteiger partial charge in [0, 0.05) is 17.7 Å². The second-order valence-electron chi connectivity index (χ2n) is 8.26. The summed E-state index contributed by atoms with van der Waals surface area (Å²) < 4.78 is 11.5. The Morgan fingerprint density at radius 2 is 1.50 bits per heavy atom. The lowest BCUT2D eigenvalue weighted by molar-refractivity contribution is 0.0629. The molecule has 4 aromatic rings. The summed E-state index contributed by atoms with van der Waals surface area (Å²) in [5.41, 5.74) is 5.57. The molecule has 1 atom stereocenters. The van der Waals surface area contributed by atoms with E-state index in [0.29, 0.717) is 6.61 Å². The van der Waals surface area contributed by atoms with Gasteiger partial charge in [0.05, 0.1) is 13.2 Å². The second kappa shape index (κ2) is 11.4. The van der Waals surface area contributed by atoms with Gasteiger partial charge in [0.1, 0.15) is 5.75 Å². The van der Waals surface area contributed by atoms with Crippen molar-refractivity contribution >= 4 is 16.3 Å². The maximum Gasteiger partial charge on any atom is 0.119 e. The van der Waals surface area contributed by atoms with E-state index >= 15 is 0 Å². The third-order valence-corrected chi connectivity index (χ3v) is 5.90. The van der Waals surface area contributed by atoms with Crippen molar-refractivity contribution in [3.05, 3.63) is 119 Å². The molecule has 0 aliphatic rings. The summed E-state index contributed by atoms with van der Waals surface area (Å²) in [6.45, 7) is 4.88. The minimum Gasteiger partial charge on any atom is -0.497 e. The van der Waals surface area contributed by atoms with Crippen molar-refractivity contribution < 1.29 is 9.47 Å². The Morgan fingerprint density at radius 3 is 2.21 bits per heavy atom. The van der Waals surface area contributed by atoms with Gasteiger partial charge in [-0.1, -0.05) is 90.2 Å². The average molecular weight is 447 g/mol. The van der Waals surface area contributed by atoms with Crippen molar-refractivity contribution in [2.45, 2.75) is 26.4 Å². The minimum absolute atomic E-state index is 0.00219. The van der Waals surface area contributed by atoms with Crippen LogP contribution in [0.15, 0.2) is 103 Å². The van der Waals surface area contributed by atoms with Crippen molar-refractivity contribution in [2.24, 2.45) is 0 Å². The minimum atomic E-state index is 0.00219. The SMILES string of the molecule is CCOC(C/C(C)=C(/C#Cc1ccc2cc(OC)ccc2c1)c1ccccc1)c1ccccc1. The molecule has 1 unspecified atom stereocenters. The van der Waals surface area contributed by atoms with Crippen LogP contribution in [0.1, 0.15) is 43.1 Å². The lowest BCUT2D eigenvalue weighted by Gasteiger charge is -2.19. The van der Waals surface area contributed by atoms with Crippen LogP contribution >= 0.6 is 0 Å². The van der Waals surface area contributed by atoms with E-state index < -0.39 is 0 Å². The Hall–Kier alpha value is -3.80. The van der Waals surface area contributed by atoms with Crippen molar-refractivity contribution in [2.75, 3.05) is 13.7 Å². The van der Waals surface area contributed by atoms with Crippen LogP contribution < -0.4 is 4.74 Å². The highest BCUT2D eigenvalue weighted by molar-refractivity contribution is 5.86. The Kier molecular flexibility index (Phi) is 7.81. The van der Waals surface area contributed by atoms with Crippen LogP contribution in [0.4, 0.5) is 0 Å². The van der Waals surface area contributed by atoms with Gasteiger partial charge in [-0.15, -0.1) is 0 Å². The fraction of sp³-hybridized carbons (Fsp3) is 0.188. The fourth-order valence-corrected chi connectivity index (χ4v) is 4.12. The molecule has 0 fully saturated rings. The molecular weight excluding hydrogens is 416 g/mol. The average Bonchev–Trinajstić information content (AvgIpc) is 2.89. The van der Waals surface area contributed by atoms with Crippen LogP contribution in [-0.4, -0.2) is 13.7 Å². The van der Waals surface area contributed by atoms with Gasteiger partial charge in [-0.25, -0.2) is 0 Å². The Balaban J connectivity index is 1.70. The van der Waals surface area contributed by atoms with E-state index in [2.05, 4.69) is 91.6 Å². The molecule has 0 radical (unpaired) electrons. The molecule has 0 saturated heterocycles. The molecule has 2 nitrogen and oxygen atoms in total. The van der Waals surface area contributed by atoms with Crippen molar-refractivity contribution in [1.29, 1.82) is 0 Å². The number of ether oxygens (including phenoxy) is 2. The Labute approximate surface area is 202 Å². The number of hydrogen-bond donors (Lipinski definition) is 0. The first-order valence-electron chi connectivity index (χ1n) is 11.7. The van der Waals surface area contributed by atoms with E-state index in [1.807, 2.05) is 31.2 Å². The highest BCUT2D eigenvalue weighted by atomic mass is 16.5. The van der Waals surface area contributed by atoms with Gasteiger partial charge in [-0.3, -0.25) is 0 Å². The predicted octanol–water partition coefficient (Wildman–Crippen LogP) is 7.84. The molecular formula is C32H30O2. The van der Waals surface area contributed by atoms with E-state index in [9.17, 15) is 0 Å². The van der Waals surface area contributed by atoms with E-state index in [0.717, 1.165) is 39.6 Å². The molecule has 2 heteroatoms. The van der Waals surface area contributed by atoms with Gasteiger partial charge in [-0.2, -0.15) is 0 Å². The lowest BCUT2D eigenvalue weighted by atomic mass is 9.94. The molecule has 4 aromatic carbocycles. The first kappa shape index (κ1) is 23.4. The van der Waals surface area contributed by atoms with Crippen LogP contribution in [0, 0.1) is 11.8 Å². The topological polar surface area (TPSA) is 18.5 Å². The number of benzene rings is 4. The molecule has 0 saturated carbocycles. The highest BCUT2D eigenvalue weighted by Gasteiger charge is 2.14. The number of allylic oxidation sites excluding steroid dienone is 1. The van der Waals surface area contributed by atoms with Gasteiger partial charge in [0.2, 0.25) is 0 Å². The van der Waals surface area contributed by atoms with Crippen molar-refractivity contribution in [1.82, 2.24) is 0 Å². The maximum absolute atomic E-state index is 6.12. The molecule has 0 N–H and O–H groups in total. The van der Waals surface area contributed by atoms with E-state index in [4.69, 9.17) is 9.47 Å². The van der Waals surface area contributed by atoms with Gasteiger partial charge >= 0.3 is 0 Å². The zero-order valence-electron chi connectivity index (χ0n) is 20.0. The summed E-state index contributed by atoms with van der Waals surface area (Å²) in [4.78, 5) is 0. The molecule has 170 valence electrons. The predicted molar refractivity (Wildman–Crippen MR) is 142 cm³/mol. The highest BCUT2D eigenvalue weighted by Crippen LogP contribution is 2.29. The largest absolute Gasteiger partial charge is 0.497 e. The molecule has 0 heterocycles. The summed E-state index contributed by atoms with van der Waals surface area (Å²) in [5, 5.41) is 2.29. The summed E-state index contributed by atoms with van der Waals surface area (Å²) in [7, 11) is 1.69. The molecule has 0 aliphatic heterocycles. The summed E-state index contributed by atoms with van der Waals surface area (Å²) in [5.74, 6) is 7.76. The number of rotatable bonds is 7. The van der Waals surface area contributed by atoms with Crippen molar-refractivity contribution in [3.8, 4) is 17.6 Å². The lowest BCUT2D eigenvalue weighted by Crippen LogP contribution is -2.05. The summed E-state index contributed by atoms with van der Waals surface area (Å²) >= 11 is 0. The van der Waals surface area contributed by atoms with E-state index in [1.165, 1.54) is 11.1 Å². The number of fused-ring (bicyclic) bond motifs is 1.